The van der Waals surface area contributed by atoms with E-state index >= 15 is 0 Å². The number of rotatable bonds is 7. The van der Waals surface area contributed by atoms with Crippen LogP contribution in [0, 0.1) is 11.6 Å². The van der Waals surface area contributed by atoms with Crippen molar-refractivity contribution in [1.82, 2.24) is 10.2 Å². The number of likely N-dealkylation sites (N-methyl/N-ethyl adjacent to an activating group) is 1. The molecule has 0 saturated carbocycles. The fourth-order valence-electron chi connectivity index (χ4n) is 2.58. The second kappa shape index (κ2) is 8.69. The third-order valence-electron chi connectivity index (χ3n) is 3.94. The summed E-state index contributed by atoms with van der Waals surface area (Å²) < 4.78 is 33.1. The predicted octanol–water partition coefficient (Wildman–Crippen LogP) is 3.14. The first kappa shape index (κ1) is 19.0. The maximum atomic E-state index is 14.0. The molecule has 1 amide bonds. The van der Waals surface area contributed by atoms with Crippen LogP contribution in [0.15, 0.2) is 42.5 Å². The van der Waals surface area contributed by atoms with Crippen LogP contribution >= 0.6 is 0 Å². The van der Waals surface area contributed by atoms with E-state index in [4.69, 9.17) is 4.74 Å². The molecule has 134 valence electrons. The molecule has 0 spiro atoms. The molecule has 2 rings (SSSR count). The Hall–Kier alpha value is -2.31. The van der Waals surface area contributed by atoms with Crippen molar-refractivity contribution in [2.75, 3.05) is 27.7 Å². The van der Waals surface area contributed by atoms with Crippen LogP contribution in [0.2, 0.25) is 0 Å². The van der Waals surface area contributed by atoms with Gasteiger partial charge in [0, 0.05) is 24.8 Å². The van der Waals surface area contributed by atoms with Crippen molar-refractivity contribution in [1.29, 1.82) is 0 Å². The number of nitrogens with zero attached hydrogens (tertiary/aromatic N) is 1. The van der Waals surface area contributed by atoms with Gasteiger partial charge in [0.05, 0.1) is 12.6 Å². The molecule has 0 fully saturated rings. The lowest BCUT2D eigenvalue weighted by Gasteiger charge is -2.25. The summed E-state index contributed by atoms with van der Waals surface area (Å²) in [6.45, 7) is 0.556. The summed E-state index contributed by atoms with van der Waals surface area (Å²) in [5.74, 6) is -1.55. The summed E-state index contributed by atoms with van der Waals surface area (Å²) >= 11 is 0. The highest BCUT2D eigenvalue weighted by Gasteiger charge is 2.22. The van der Waals surface area contributed by atoms with Gasteiger partial charge in [0.1, 0.15) is 11.6 Å². The van der Waals surface area contributed by atoms with E-state index in [1.165, 1.54) is 18.2 Å². The van der Waals surface area contributed by atoms with Crippen molar-refractivity contribution in [2.45, 2.75) is 12.6 Å². The van der Waals surface area contributed by atoms with Crippen LogP contribution < -0.4 is 5.32 Å². The van der Waals surface area contributed by atoms with Crippen LogP contribution in [-0.2, 0) is 11.3 Å². The van der Waals surface area contributed by atoms with E-state index in [1.807, 2.05) is 0 Å². The Balaban J connectivity index is 2.09. The molecule has 0 bridgehead atoms. The Labute approximate surface area is 146 Å². The second-order valence-corrected chi connectivity index (χ2v) is 5.95. The quantitative estimate of drug-likeness (QED) is 0.836. The molecule has 6 heteroatoms. The summed E-state index contributed by atoms with van der Waals surface area (Å²) in [5, 5.41) is 2.74. The van der Waals surface area contributed by atoms with E-state index in [-0.39, 0.29) is 18.0 Å². The lowest BCUT2D eigenvalue weighted by Crippen LogP contribution is -2.35. The summed E-state index contributed by atoms with van der Waals surface area (Å²) in [6, 6.07) is 10.1. The average molecular weight is 348 g/mol. The van der Waals surface area contributed by atoms with Crippen LogP contribution in [0.4, 0.5) is 8.78 Å². The van der Waals surface area contributed by atoms with E-state index in [2.05, 4.69) is 5.32 Å². The SMILES string of the molecule is COCc1ccc(C(=O)NC[C@H](c2c(F)cccc2F)N(C)C)cc1. The lowest BCUT2D eigenvalue weighted by atomic mass is 10.0. The number of ether oxygens (including phenoxy) is 1. The third-order valence-corrected chi connectivity index (χ3v) is 3.94. The second-order valence-electron chi connectivity index (χ2n) is 5.95. The van der Waals surface area contributed by atoms with Crippen LogP contribution in [0.5, 0.6) is 0 Å². The van der Waals surface area contributed by atoms with Gasteiger partial charge >= 0.3 is 0 Å². The van der Waals surface area contributed by atoms with Gasteiger partial charge in [-0.3, -0.25) is 4.79 Å². The summed E-state index contributed by atoms with van der Waals surface area (Å²) in [6.07, 6.45) is 0. The van der Waals surface area contributed by atoms with Gasteiger partial charge in [-0.05, 0) is 43.9 Å². The van der Waals surface area contributed by atoms with Gasteiger partial charge < -0.3 is 15.0 Å². The number of carbonyl (C=O) groups excluding carboxylic acids is 1. The van der Waals surface area contributed by atoms with E-state index < -0.39 is 17.7 Å². The van der Waals surface area contributed by atoms with E-state index in [0.717, 1.165) is 5.56 Å². The van der Waals surface area contributed by atoms with Gasteiger partial charge in [0.2, 0.25) is 0 Å². The Kier molecular flexibility index (Phi) is 6.61. The molecule has 0 heterocycles. The minimum absolute atomic E-state index is 0.0526. The summed E-state index contributed by atoms with van der Waals surface area (Å²) in [4.78, 5) is 14.0. The minimum atomic E-state index is -0.628. The molecule has 0 unspecified atom stereocenters. The number of benzene rings is 2. The van der Waals surface area contributed by atoms with Gasteiger partial charge in [0.15, 0.2) is 0 Å². The Morgan fingerprint density at radius 2 is 1.72 bits per heavy atom. The molecular weight excluding hydrogens is 326 g/mol. The fourth-order valence-corrected chi connectivity index (χ4v) is 2.58. The average Bonchev–Trinajstić information content (AvgIpc) is 2.58. The van der Waals surface area contributed by atoms with Gasteiger partial charge in [-0.15, -0.1) is 0 Å². The van der Waals surface area contributed by atoms with E-state index in [1.54, 1.807) is 50.4 Å². The standard InChI is InChI=1S/C19H22F2N2O2/c1-23(2)17(18-15(20)5-4-6-16(18)21)11-22-19(24)14-9-7-13(8-10-14)12-25-3/h4-10,17H,11-12H2,1-3H3,(H,22,24)/t17-/m1/s1. The fraction of sp³-hybridized carbons (Fsp3) is 0.316. The maximum absolute atomic E-state index is 14.0. The molecule has 4 nitrogen and oxygen atoms in total. The number of methoxy groups -OCH3 is 1. The smallest absolute Gasteiger partial charge is 0.251 e. The van der Waals surface area contributed by atoms with Crippen molar-refractivity contribution >= 4 is 5.91 Å². The van der Waals surface area contributed by atoms with Crippen molar-refractivity contribution in [3.63, 3.8) is 0 Å². The number of hydrogen-bond acceptors (Lipinski definition) is 3. The molecule has 2 aromatic rings. The van der Waals surface area contributed by atoms with Crippen molar-refractivity contribution in [3.8, 4) is 0 Å². The molecule has 0 aliphatic heterocycles. The van der Waals surface area contributed by atoms with E-state index in [9.17, 15) is 13.6 Å². The number of amides is 1. The molecule has 0 radical (unpaired) electrons. The van der Waals surface area contributed by atoms with Gasteiger partial charge in [-0.25, -0.2) is 8.78 Å². The zero-order chi connectivity index (χ0) is 18.4. The van der Waals surface area contributed by atoms with Gasteiger partial charge in [0.25, 0.3) is 5.91 Å². The number of hydrogen-bond donors (Lipinski definition) is 1. The highest BCUT2D eigenvalue weighted by Crippen LogP contribution is 2.24. The van der Waals surface area contributed by atoms with Crippen LogP contribution in [-0.4, -0.2) is 38.6 Å². The minimum Gasteiger partial charge on any atom is -0.380 e. The normalized spacial score (nSPS) is 12.2. The molecule has 0 aliphatic carbocycles. The van der Waals surface area contributed by atoms with Crippen molar-refractivity contribution in [3.05, 3.63) is 70.8 Å². The Morgan fingerprint density at radius 1 is 1.12 bits per heavy atom. The van der Waals surface area contributed by atoms with Crippen LogP contribution in [0.3, 0.4) is 0 Å². The first-order chi connectivity index (χ1) is 11.9. The number of carbonyl (C=O) groups is 1. The Morgan fingerprint density at radius 3 is 2.24 bits per heavy atom. The highest BCUT2D eigenvalue weighted by atomic mass is 19.1. The Bertz CT molecular complexity index is 698. The van der Waals surface area contributed by atoms with Crippen LogP contribution in [0.1, 0.15) is 27.5 Å². The topological polar surface area (TPSA) is 41.6 Å². The first-order valence-electron chi connectivity index (χ1n) is 7.90. The first-order valence-corrected chi connectivity index (χ1v) is 7.90. The largest absolute Gasteiger partial charge is 0.380 e. The molecule has 0 saturated heterocycles. The maximum Gasteiger partial charge on any atom is 0.251 e. The van der Waals surface area contributed by atoms with Crippen molar-refractivity contribution < 1.29 is 18.3 Å². The van der Waals surface area contributed by atoms with Crippen LogP contribution in [0.25, 0.3) is 0 Å². The molecule has 2 aromatic carbocycles. The van der Waals surface area contributed by atoms with Gasteiger partial charge in [-0.2, -0.15) is 0 Å². The number of halogens is 2. The zero-order valence-corrected chi connectivity index (χ0v) is 14.6. The molecular formula is C19H22F2N2O2. The van der Waals surface area contributed by atoms with Crippen molar-refractivity contribution in [2.24, 2.45) is 0 Å². The lowest BCUT2D eigenvalue weighted by molar-refractivity contribution is 0.0940. The molecule has 0 aliphatic rings. The molecule has 25 heavy (non-hydrogen) atoms. The summed E-state index contributed by atoms with van der Waals surface area (Å²) in [5.41, 5.74) is 1.38. The molecule has 0 aromatic heterocycles. The summed E-state index contributed by atoms with van der Waals surface area (Å²) in [7, 11) is 5.02. The highest BCUT2D eigenvalue weighted by molar-refractivity contribution is 5.94. The molecule has 1 N–H and O–H groups in total. The monoisotopic (exact) mass is 348 g/mol. The number of nitrogens with one attached hydrogen (secondary N) is 1. The third kappa shape index (κ3) is 4.84. The van der Waals surface area contributed by atoms with Gasteiger partial charge in [-0.1, -0.05) is 18.2 Å². The zero-order valence-electron chi connectivity index (χ0n) is 14.6. The molecule has 1 atom stereocenters. The predicted molar refractivity (Wildman–Crippen MR) is 92.3 cm³/mol. The van der Waals surface area contributed by atoms with E-state index in [0.29, 0.717) is 12.2 Å².